The van der Waals surface area contributed by atoms with Gasteiger partial charge in [-0.1, -0.05) is 18.2 Å². The lowest BCUT2D eigenvalue weighted by molar-refractivity contribution is -0.256. The molecular weight excluding hydrogens is 206 g/mol. The number of benzene rings is 1. The van der Waals surface area contributed by atoms with Crippen LogP contribution in [0.3, 0.4) is 0 Å². The van der Waals surface area contributed by atoms with Gasteiger partial charge in [0, 0.05) is 11.1 Å². The SMILES string of the molecule is Cc1cccc(C)c1[NH3+].O=S(=O)([O-])O. The molecule has 1 rings (SSSR count). The molecule has 0 amide bonds. The summed E-state index contributed by atoms with van der Waals surface area (Å²) in [6.07, 6.45) is 0. The molecule has 1 aromatic rings. The average Bonchev–Trinajstić information content (AvgIpc) is 1.97. The zero-order chi connectivity index (χ0) is 11.4. The topological polar surface area (TPSA) is 105 Å². The zero-order valence-corrected chi connectivity index (χ0v) is 8.84. The lowest BCUT2D eigenvalue weighted by Gasteiger charge is -1.96. The molecule has 5 nitrogen and oxygen atoms in total. The van der Waals surface area contributed by atoms with Crippen LogP contribution in [0.1, 0.15) is 11.1 Å². The molecule has 0 fully saturated rings. The maximum absolute atomic E-state index is 8.63. The molecule has 0 aliphatic heterocycles. The summed E-state index contributed by atoms with van der Waals surface area (Å²) in [7, 11) is -4.92. The van der Waals surface area contributed by atoms with E-state index in [2.05, 4.69) is 37.8 Å². The van der Waals surface area contributed by atoms with Crippen molar-refractivity contribution in [1.82, 2.24) is 0 Å². The van der Waals surface area contributed by atoms with Crippen LogP contribution in [0.4, 0.5) is 5.69 Å². The van der Waals surface area contributed by atoms with Gasteiger partial charge < -0.3 is 10.3 Å². The van der Waals surface area contributed by atoms with E-state index < -0.39 is 10.4 Å². The standard InChI is InChI=1S/C8H11N.H2O4S/c1-6-4-3-5-7(2)8(6)9;1-5(2,3)4/h3-5H,9H2,1-2H3;(H2,1,2,3,4). The Balaban J connectivity index is 0.000000292. The molecule has 0 aliphatic rings. The van der Waals surface area contributed by atoms with E-state index in [-0.39, 0.29) is 0 Å². The molecule has 0 aromatic heterocycles. The second kappa shape index (κ2) is 5.06. The Labute approximate surface area is 83.1 Å². The van der Waals surface area contributed by atoms with Gasteiger partial charge in [-0.2, -0.15) is 0 Å². The fourth-order valence-corrected chi connectivity index (χ4v) is 0.849. The highest BCUT2D eigenvalue weighted by molar-refractivity contribution is 7.79. The predicted molar refractivity (Wildman–Crippen MR) is 50.8 cm³/mol. The highest BCUT2D eigenvalue weighted by atomic mass is 32.3. The first-order valence-electron chi connectivity index (χ1n) is 3.78. The molecular formula is C8H13NO4S. The van der Waals surface area contributed by atoms with Gasteiger partial charge >= 0.3 is 0 Å². The van der Waals surface area contributed by atoms with E-state index in [1.807, 2.05) is 0 Å². The largest absolute Gasteiger partial charge is 0.726 e. The molecule has 4 N–H and O–H groups in total. The molecule has 0 heterocycles. The van der Waals surface area contributed by atoms with Gasteiger partial charge in [-0.25, -0.2) is 8.42 Å². The maximum Gasteiger partial charge on any atom is 0.215 e. The molecule has 0 unspecified atom stereocenters. The van der Waals surface area contributed by atoms with Crippen LogP contribution in [0.2, 0.25) is 0 Å². The van der Waals surface area contributed by atoms with Gasteiger partial charge in [-0.3, -0.25) is 4.55 Å². The van der Waals surface area contributed by atoms with Gasteiger partial charge in [0.25, 0.3) is 0 Å². The summed E-state index contributed by atoms with van der Waals surface area (Å²) < 4.78 is 32.8. The molecule has 14 heavy (non-hydrogen) atoms. The van der Waals surface area contributed by atoms with Gasteiger partial charge in [-0.15, -0.1) is 0 Å². The molecule has 0 saturated heterocycles. The van der Waals surface area contributed by atoms with E-state index in [9.17, 15) is 0 Å². The Bertz CT molecular complexity index is 372. The van der Waals surface area contributed by atoms with Gasteiger partial charge in [0.15, 0.2) is 0 Å². The number of hydrogen-bond acceptors (Lipinski definition) is 3. The molecule has 0 bridgehead atoms. The maximum atomic E-state index is 8.63. The number of rotatable bonds is 0. The second-order valence-corrected chi connectivity index (χ2v) is 3.65. The molecule has 0 atom stereocenters. The van der Waals surface area contributed by atoms with Crippen molar-refractivity contribution in [1.29, 1.82) is 0 Å². The van der Waals surface area contributed by atoms with Crippen molar-refractivity contribution in [3.8, 4) is 0 Å². The molecule has 80 valence electrons. The Morgan fingerprint density at radius 1 is 1.29 bits per heavy atom. The minimum Gasteiger partial charge on any atom is -0.726 e. The van der Waals surface area contributed by atoms with E-state index in [0.717, 1.165) is 5.69 Å². The molecule has 0 spiro atoms. The third-order valence-corrected chi connectivity index (χ3v) is 1.64. The predicted octanol–water partition coefficient (Wildman–Crippen LogP) is 0.181. The number of hydrogen-bond donors (Lipinski definition) is 2. The first-order chi connectivity index (χ1) is 6.22. The van der Waals surface area contributed by atoms with Crippen LogP contribution < -0.4 is 5.73 Å². The second-order valence-electron chi connectivity index (χ2n) is 2.80. The summed E-state index contributed by atoms with van der Waals surface area (Å²) in [5.41, 5.74) is 7.63. The Hall–Kier alpha value is -0.950. The van der Waals surface area contributed by atoms with E-state index >= 15 is 0 Å². The molecule has 0 aliphatic carbocycles. The van der Waals surface area contributed by atoms with Gasteiger partial charge in [0.05, 0.1) is 0 Å². The Kier molecular flexibility index (Phi) is 4.72. The van der Waals surface area contributed by atoms with Crippen LogP contribution in [0.15, 0.2) is 18.2 Å². The Morgan fingerprint density at radius 3 is 1.79 bits per heavy atom. The van der Waals surface area contributed by atoms with Crippen LogP contribution >= 0.6 is 0 Å². The van der Waals surface area contributed by atoms with Crippen LogP contribution in [-0.4, -0.2) is 17.5 Å². The quantitative estimate of drug-likeness (QED) is 0.479. The lowest BCUT2D eigenvalue weighted by Crippen LogP contribution is -2.42. The minimum atomic E-state index is -4.92. The van der Waals surface area contributed by atoms with Crippen molar-refractivity contribution in [2.45, 2.75) is 13.8 Å². The summed E-state index contributed by atoms with van der Waals surface area (Å²) in [6, 6.07) is 6.21. The van der Waals surface area contributed by atoms with Crippen molar-refractivity contribution in [3.05, 3.63) is 29.3 Å². The summed E-state index contributed by atoms with van der Waals surface area (Å²) in [6.45, 7) is 4.16. The zero-order valence-electron chi connectivity index (χ0n) is 8.02. The summed E-state index contributed by atoms with van der Waals surface area (Å²) in [4.78, 5) is 0. The van der Waals surface area contributed by atoms with Crippen LogP contribution in [0.5, 0.6) is 0 Å². The fourth-order valence-electron chi connectivity index (χ4n) is 0.849. The molecule has 1 aromatic carbocycles. The van der Waals surface area contributed by atoms with Crippen molar-refractivity contribution >= 4 is 16.1 Å². The Morgan fingerprint density at radius 2 is 1.57 bits per heavy atom. The van der Waals surface area contributed by atoms with Crippen molar-refractivity contribution in [2.75, 3.05) is 0 Å². The highest BCUT2D eigenvalue weighted by Crippen LogP contribution is 2.11. The smallest absolute Gasteiger partial charge is 0.215 e. The van der Waals surface area contributed by atoms with Gasteiger partial charge in [-0.05, 0) is 13.8 Å². The van der Waals surface area contributed by atoms with Crippen molar-refractivity contribution in [3.63, 3.8) is 0 Å². The number of quaternary nitrogens is 1. The first-order valence-corrected chi connectivity index (χ1v) is 5.15. The summed E-state index contributed by atoms with van der Waals surface area (Å²) in [5.74, 6) is 0. The summed E-state index contributed by atoms with van der Waals surface area (Å²) in [5, 5.41) is 0. The summed E-state index contributed by atoms with van der Waals surface area (Å²) >= 11 is 0. The van der Waals surface area contributed by atoms with Crippen molar-refractivity contribution < 1.29 is 23.3 Å². The van der Waals surface area contributed by atoms with Gasteiger partial charge in [0.1, 0.15) is 5.69 Å². The van der Waals surface area contributed by atoms with E-state index in [1.165, 1.54) is 11.1 Å². The highest BCUT2D eigenvalue weighted by Gasteiger charge is 1.97. The van der Waals surface area contributed by atoms with E-state index in [4.69, 9.17) is 17.5 Å². The molecule has 0 saturated carbocycles. The van der Waals surface area contributed by atoms with Gasteiger partial charge in [0.2, 0.25) is 10.4 Å². The number of aryl methyl sites for hydroxylation is 2. The van der Waals surface area contributed by atoms with Crippen LogP contribution in [0, 0.1) is 13.8 Å². The van der Waals surface area contributed by atoms with Crippen molar-refractivity contribution in [2.24, 2.45) is 0 Å². The lowest BCUT2D eigenvalue weighted by atomic mass is 10.1. The molecule has 6 heteroatoms. The van der Waals surface area contributed by atoms with E-state index in [0.29, 0.717) is 0 Å². The van der Waals surface area contributed by atoms with Crippen LogP contribution in [0.25, 0.3) is 0 Å². The third-order valence-electron chi connectivity index (χ3n) is 1.64. The normalized spacial score (nSPS) is 10.4. The minimum absolute atomic E-state index is 1.16. The average molecular weight is 219 g/mol. The van der Waals surface area contributed by atoms with Crippen LogP contribution in [-0.2, 0) is 10.4 Å². The first kappa shape index (κ1) is 13.1. The monoisotopic (exact) mass is 219 g/mol. The molecule has 0 radical (unpaired) electrons. The fraction of sp³-hybridized carbons (Fsp3) is 0.250. The van der Waals surface area contributed by atoms with E-state index in [1.54, 1.807) is 0 Å². The third kappa shape index (κ3) is 6.55.